The number of benzene rings is 2. The van der Waals surface area contributed by atoms with Gasteiger partial charge in [-0.15, -0.1) is 12.4 Å². The number of amides is 1. The second-order valence-electron chi connectivity index (χ2n) is 6.21. The van der Waals surface area contributed by atoms with Crippen molar-refractivity contribution in [2.24, 2.45) is 10.7 Å². The van der Waals surface area contributed by atoms with Gasteiger partial charge < -0.3 is 11.1 Å². The third-order valence-corrected chi connectivity index (χ3v) is 5.35. The Bertz CT molecular complexity index is 811. The van der Waals surface area contributed by atoms with Crippen LogP contribution in [0, 0.1) is 0 Å². The summed E-state index contributed by atoms with van der Waals surface area (Å²) in [7, 11) is 0. The number of nitrogens with one attached hydrogen (secondary N) is 1. The van der Waals surface area contributed by atoms with Crippen molar-refractivity contribution in [3.05, 3.63) is 70.2 Å². The van der Waals surface area contributed by atoms with Crippen molar-refractivity contribution in [2.45, 2.75) is 25.4 Å². The topological polar surface area (TPSA) is 67.5 Å². The molecule has 0 aromatic heterocycles. The molecule has 0 saturated heterocycles. The van der Waals surface area contributed by atoms with Crippen LogP contribution in [-0.2, 0) is 12.1 Å². The summed E-state index contributed by atoms with van der Waals surface area (Å²) in [5.41, 5.74) is 8.35. The second kappa shape index (κ2) is 8.80. The lowest BCUT2D eigenvalue weighted by Gasteiger charge is -2.30. The molecular formula is C19H21Cl2N3OS. The maximum atomic E-state index is 12.2. The van der Waals surface area contributed by atoms with Gasteiger partial charge >= 0.3 is 0 Å². The molecule has 1 amide bonds. The van der Waals surface area contributed by atoms with Crippen LogP contribution < -0.4 is 11.1 Å². The Hall–Kier alpha value is -1.69. The number of rotatable bonds is 4. The molecule has 1 heterocycles. The van der Waals surface area contributed by atoms with Gasteiger partial charge in [0.25, 0.3) is 5.91 Å². The Morgan fingerprint density at radius 2 is 2.04 bits per heavy atom. The van der Waals surface area contributed by atoms with Crippen molar-refractivity contribution in [3.8, 4) is 0 Å². The standard InChI is InChI=1S/C19H20ClN3OS.ClH/c1-19(9-10-25-18(21)23-19)15-4-2-3-13(11-15)12-22-17(24)14-5-7-16(20)8-6-14;/h2-8,11H,9-10,12H2,1H3,(H2,21,23)(H,22,24);1H. The fraction of sp³-hybridized carbons (Fsp3) is 0.263. The zero-order chi connectivity index (χ0) is 17.9. The molecule has 1 atom stereocenters. The number of hydrogen-bond acceptors (Lipinski definition) is 4. The average Bonchev–Trinajstić information content (AvgIpc) is 2.60. The molecule has 0 aliphatic carbocycles. The summed E-state index contributed by atoms with van der Waals surface area (Å²) in [6.07, 6.45) is 0.943. The highest BCUT2D eigenvalue weighted by Crippen LogP contribution is 2.35. The highest BCUT2D eigenvalue weighted by molar-refractivity contribution is 8.13. The predicted molar refractivity (Wildman–Crippen MR) is 112 cm³/mol. The summed E-state index contributed by atoms with van der Waals surface area (Å²) in [5, 5.41) is 4.19. The van der Waals surface area contributed by atoms with E-state index in [9.17, 15) is 4.79 Å². The summed E-state index contributed by atoms with van der Waals surface area (Å²) in [6.45, 7) is 2.56. The van der Waals surface area contributed by atoms with Gasteiger partial charge in [0.15, 0.2) is 5.17 Å². The Morgan fingerprint density at radius 3 is 2.73 bits per heavy atom. The third kappa shape index (κ3) is 4.93. The van der Waals surface area contributed by atoms with E-state index in [-0.39, 0.29) is 23.9 Å². The van der Waals surface area contributed by atoms with Crippen LogP contribution in [0.15, 0.2) is 53.5 Å². The van der Waals surface area contributed by atoms with Gasteiger partial charge in [0.2, 0.25) is 0 Å². The highest BCUT2D eigenvalue weighted by atomic mass is 35.5. The minimum Gasteiger partial charge on any atom is -0.379 e. The van der Waals surface area contributed by atoms with Crippen molar-refractivity contribution < 1.29 is 4.79 Å². The molecular weight excluding hydrogens is 389 g/mol. The lowest BCUT2D eigenvalue weighted by molar-refractivity contribution is 0.0951. The van der Waals surface area contributed by atoms with Gasteiger partial charge in [-0.05, 0) is 48.7 Å². The molecule has 0 saturated carbocycles. The predicted octanol–water partition coefficient (Wildman–Crippen LogP) is 4.36. The fourth-order valence-corrected chi connectivity index (χ4v) is 3.90. The molecule has 0 bridgehead atoms. The number of nitrogens with two attached hydrogens (primary N) is 1. The van der Waals surface area contributed by atoms with E-state index in [2.05, 4.69) is 29.4 Å². The highest BCUT2D eigenvalue weighted by Gasteiger charge is 2.29. The molecule has 1 aliphatic heterocycles. The molecule has 0 fully saturated rings. The first-order valence-corrected chi connectivity index (χ1v) is 9.44. The molecule has 0 spiro atoms. The van der Waals surface area contributed by atoms with Crippen LogP contribution in [0.3, 0.4) is 0 Å². The molecule has 4 nitrogen and oxygen atoms in total. The van der Waals surface area contributed by atoms with Crippen molar-refractivity contribution >= 4 is 46.8 Å². The molecule has 138 valence electrons. The summed E-state index contributed by atoms with van der Waals surface area (Å²) in [6, 6.07) is 15.0. The number of carbonyl (C=O) groups is 1. The Kier molecular flexibility index (Phi) is 6.98. The van der Waals surface area contributed by atoms with Crippen LogP contribution in [0.2, 0.25) is 5.02 Å². The van der Waals surface area contributed by atoms with E-state index in [1.54, 1.807) is 36.0 Å². The first-order chi connectivity index (χ1) is 12.0. The van der Waals surface area contributed by atoms with Crippen molar-refractivity contribution in [1.29, 1.82) is 0 Å². The van der Waals surface area contributed by atoms with E-state index in [1.807, 2.05) is 12.1 Å². The van der Waals surface area contributed by atoms with Gasteiger partial charge in [-0.1, -0.05) is 47.6 Å². The molecule has 3 rings (SSSR count). The van der Waals surface area contributed by atoms with Crippen LogP contribution in [0.1, 0.15) is 34.8 Å². The number of aliphatic imine (C=N–C) groups is 1. The number of amidine groups is 1. The van der Waals surface area contributed by atoms with E-state index in [4.69, 9.17) is 17.3 Å². The van der Waals surface area contributed by atoms with E-state index in [0.717, 1.165) is 23.3 Å². The van der Waals surface area contributed by atoms with E-state index >= 15 is 0 Å². The number of halogens is 2. The SMILES string of the molecule is CC1(c2cccc(CNC(=O)c3ccc(Cl)cc3)c2)CCSC(N)=N1.Cl. The Labute approximate surface area is 169 Å². The lowest BCUT2D eigenvalue weighted by Crippen LogP contribution is -2.29. The largest absolute Gasteiger partial charge is 0.379 e. The Morgan fingerprint density at radius 1 is 1.31 bits per heavy atom. The third-order valence-electron chi connectivity index (χ3n) is 4.30. The van der Waals surface area contributed by atoms with Crippen LogP contribution in [0.4, 0.5) is 0 Å². The van der Waals surface area contributed by atoms with Crippen molar-refractivity contribution in [2.75, 3.05) is 5.75 Å². The van der Waals surface area contributed by atoms with Crippen LogP contribution in [0.5, 0.6) is 0 Å². The van der Waals surface area contributed by atoms with Crippen LogP contribution in [0.25, 0.3) is 0 Å². The first-order valence-electron chi connectivity index (χ1n) is 8.08. The zero-order valence-electron chi connectivity index (χ0n) is 14.4. The van der Waals surface area contributed by atoms with E-state index < -0.39 is 0 Å². The monoisotopic (exact) mass is 409 g/mol. The van der Waals surface area contributed by atoms with Crippen molar-refractivity contribution in [1.82, 2.24) is 5.32 Å². The minimum absolute atomic E-state index is 0. The van der Waals surface area contributed by atoms with E-state index in [1.165, 1.54) is 0 Å². The second-order valence-corrected chi connectivity index (χ2v) is 7.76. The molecule has 2 aromatic carbocycles. The van der Waals surface area contributed by atoms with Crippen molar-refractivity contribution in [3.63, 3.8) is 0 Å². The zero-order valence-corrected chi connectivity index (χ0v) is 16.8. The molecule has 0 radical (unpaired) electrons. The normalized spacial score (nSPS) is 19.2. The van der Waals surface area contributed by atoms with Crippen LogP contribution >= 0.6 is 35.8 Å². The maximum Gasteiger partial charge on any atom is 0.251 e. The lowest BCUT2D eigenvalue weighted by atomic mass is 9.89. The number of hydrogen-bond donors (Lipinski definition) is 2. The molecule has 1 unspecified atom stereocenters. The number of nitrogens with zero attached hydrogens (tertiary/aromatic N) is 1. The molecule has 2 aromatic rings. The summed E-state index contributed by atoms with van der Waals surface area (Å²) in [4.78, 5) is 16.9. The summed E-state index contributed by atoms with van der Waals surface area (Å²) >= 11 is 7.44. The minimum atomic E-state index is -0.300. The van der Waals surface area contributed by atoms with Gasteiger partial charge in [0.05, 0.1) is 5.54 Å². The van der Waals surface area contributed by atoms with Gasteiger partial charge in [0.1, 0.15) is 0 Å². The first kappa shape index (κ1) is 20.6. The van der Waals surface area contributed by atoms with E-state index in [0.29, 0.717) is 22.3 Å². The molecule has 3 N–H and O–H groups in total. The molecule has 1 aliphatic rings. The number of carbonyl (C=O) groups excluding carboxylic acids is 1. The molecule has 7 heteroatoms. The Balaban J connectivity index is 0.00000243. The number of thioether (sulfide) groups is 1. The maximum absolute atomic E-state index is 12.2. The van der Waals surface area contributed by atoms with Gasteiger partial charge in [-0.2, -0.15) is 0 Å². The van der Waals surface area contributed by atoms with Gasteiger partial charge in [-0.25, -0.2) is 0 Å². The van der Waals surface area contributed by atoms with Crippen LogP contribution in [-0.4, -0.2) is 16.8 Å². The summed E-state index contributed by atoms with van der Waals surface area (Å²) in [5.74, 6) is 0.841. The van der Waals surface area contributed by atoms with Gasteiger partial charge in [-0.3, -0.25) is 9.79 Å². The van der Waals surface area contributed by atoms with Gasteiger partial charge in [0, 0.05) is 22.9 Å². The fourth-order valence-electron chi connectivity index (χ4n) is 2.80. The average molecular weight is 410 g/mol. The summed E-state index contributed by atoms with van der Waals surface area (Å²) < 4.78 is 0. The smallest absolute Gasteiger partial charge is 0.251 e. The quantitative estimate of drug-likeness (QED) is 0.787. The molecule has 26 heavy (non-hydrogen) atoms.